The van der Waals surface area contributed by atoms with E-state index in [0.717, 1.165) is 39.3 Å². The highest BCUT2D eigenvalue weighted by Crippen LogP contribution is 2.72. The first-order valence-corrected chi connectivity index (χ1v) is 12.0. The minimum absolute atomic E-state index is 0.0723. The summed E-state index contributed by atoms with van der Waals surface area (Å²) in [4.78, 5) is 2.63. The maximum atomic E-state index is 6.70. The van der Waals surface area contributed by atoms with Crippen molar-refractivity contribution in [1.29, 1.82) is 0 Å². The second kappa shape index (κ2) is 6.65. The molecule has 3 fully saturated rings. The Kier molecular flexibility index (Phi) is 5.80. The van der Waals surface area contributed by atoms with Crippen LogP contribution in [0.5, 0.6) is 0 Å². The van der Waals surface area contributed by atoms with Gasteiger partial charge in [-0.1, -0.05) is 0 Å². The Hall–Kier alpha value is 0.620. The van der Waals surface area contributed by atoms with Crippen LogP contribution in [-0.4, -0.2) is 74.8 Å². The van der Waals surface area contributed by atoms with Crippen molar-refractivity contribution >= 4 is 19.2 Å². The van der Waals surface area contributed by atoms with E-state index < -0.39 is 6.92 Å². The van der Waals surface area contributed by atoms with Crippen molar-refractivity contribution in [3.63, 3.8) is 0 Å². The van der Waals surface area contributed by atoms with E-state index in [1.165, 1.54) is 0 Å². The molecule has 0 atom stereocenters. The number of fused-ring (bicyclic) bond motifs is 6. The van der Waals surface area contributed by atoms with Crippen LogP contribution in [0.2, 0.25) is 0 Å². The van der Waals surface area contributed by atoms with E-state index in [1.807, 2.05) is 0 Å². The lowest BCUT2D eigenvalue weighted by Crippen LogP contribution is -2.64. The molecule has 4 nitrogen and oxygen atoms in total. The van der Waals surface area contributed by atoms with Gasteiger partial charge in [-0.25, -0.2) is 0 Å². The summed E-state index contributed by atoms with van der Waals surface area (Å²) < 4.78 is 8.03. The Morgan fingerprint density at radius 3 is 1.00 bits per heavy atom. The largest absolute Gasteiger partial charge is 0.499 e. The number of hydrogen-bond acceptors (Lipinski definition) is 5. The zero-order valence-electron chi connectivity index (χ0n) is 17.4. The summed E-state index contributed by atoms with van der Waals surface area (Å²) in [6.07, 6.45) is 0. The molecule has 142 valence electrons. The Balaban J connectivity index is 2.66. The molecule has 0 spiro atoms. The molecule has 0 N–H and O–H groups in total. The van der Waals surface area contributed by atoms with E-state index in [0.29, 0.717) is 0 Å². The monoisotopic (exact) mass is 374 g/mol. The van der Waals surface area contributed by atoms with Crippen molar-refractivity contribution in [3.05, 3.63) is 0 Å². The predicted molar refractivity (Wildman–Crippen MR) is 110 cm³/mol. The fourth-order valence-corrected chi connectivity index (χ4v) is 11.1. The van der Waals surface area contributed by atoms with Crippen LogP contribution in [-0.2, 0) is 12.2 Å². The molecule has 3 aliphatic heterocycles. The molecule has 3 rings (SSSR count). The van der Waals surface area contributed by atoms with E-state index >= 15 is 0 Å². The van der Waals surface area contributed by atoms with Gasteiger partial charge in [-0.05, 0) is 62.3 Å². The van der Waals surface area contributed by atoms with Crippen molar-refractivity contribution in [3.8, 4) is 0 Å². The van der Waals surface area contributed by atoms with Crippen LogP contribution >= 0.6 is 6.92 Å². The smallest absolute Gasteiger partial charge is 0.104 e. The van der Waals surface area contributed by atoms with E-state index in [2.05, 4.69) is 81.2 Å². The van der Waals surface area contributed by atoms with Gasteiger partial charge in [0, 0.05) is 55.9 Å². The van der Waals surface area contributed by atoms with Gasteiger partial charge in [-0.3, -0.25) is 4.90 Å². The standard InChI is InChI=1S/C18H39N4PS/c1-16(2,3)20-13-10-19-11-14-21(17(4,5)6)23(20,24)22(15-12-19)18(7,8)9/h10-15H2,1-9H3. The molecule has 0 saturated carbocycles. The molecule has 6 heteroatoms. The third-order valence-corrected chi connectivity index (χ3v) is 11.2. The average molecular weight is 375 g/mol. The predicted octanol–water partition coefficient (Wildman–Crippen LogP) is 3.84. The van der Waals surface area contributed by atoms with Gasteiger partial charge in [0.25, 0.3) is 0 Å². The molecule has 0 aromatic carbocycles. The van der Waals surface area contributed by atoms with Crippen molar-refractivity contribution in [2.24, 2.45) is 0 Å². The van der Waals surface area contributed by atoms with Crippen LogP contribution in [0, 0.1) is 0 Å². The third kappa shape index (κ3) is 3.97. The van der Waals surface area contributed by atoms with Gasteiger partial charge < -0.3 is 12.2 Å². The van der Waals surface area contributed by atoms with E-state index in [1.54, 1.807) is 0 Å². The molecule has 3 heterocycles. The van der Waals surface area contributed by atoms with Gasteiger partial charge in [0.1, 0.15) is 6.92 Å². The molecular formula is C18H39N4PS. The minimum Gasteiger partial charge on any atom is -0.499 e. The second-order valence-corrected chi connectivity index (χ2v) is 14.2. The number of rotatable bonds is 0. The first-order chi connectivity index (χ1) is 10.7. The van der Waals surface area contributed by atoms with Gasteiger partial charge in [0.2, 0.25) is 0 Å². The number of nitrogens with zero attached hydrogens (tertiary/aromatic N) is 4. The zero-order valence-corrected chi connectivity index (χ0v) is 19.1. The van der Waals surface area contributed by atoms with Gasteiger partial charge in [-0.2, -0.15) is 14.0 Å². The van der Waals surface area contributed by atoms with Crippen molar-refractivity contribution in [2.75, 3.05) is 39.3 Å². The normalized spacial score (nSPS) is 32.5. The molecular weight excluding hydrogens is 335 g/mol. The highest BCUT2D eigenvalue weighted by molar-refractivity contribution is 8.39. The molecule has 3 saturated heterocycles. The SMILES string of the molecule is CC(C)(C)N1CCN2CCN(C(C)(C)C)[P+]1([S-])N(C(C)(C)C)CC2. The summed E-state index contributed by atoms with van der Waals surface area (Å²) in [6, 6.07) is 0. The molecule has 0 aromatic rings. The minimum atomic E-state index is -2.04. The third-order valence-electron chi connectivity index (χ3n) is 5.15. The van der Waals surface area contributed by atoms with Crippen LogP contribution in [0.1, 0.15) is 62.3 Å². The van der Waals surface area contributed by atoms with E-state index in [-0.39, 0.29) is 16.6 Å². The topological polar surface area (TPSA) is 13.0 Å². The second-order valence-electron chi connectivity index (χ2n) is 10.2. The first-order valence-electron chi connectivity index (χ1n) is 9.35. The van der Waals surface area contributed by atoms with Crippen LogP contribution in [0.3, 0.4) is 0 Å². The molecule has 24 heavy (non-hydrogen) atoms. The van der Waals surface area contributed by atoms with Crippen LogP contribution < -0.4 is 0 Å². The molecule has 3 aliphatic rings. The average Bonchev–Trinajstić information content (AvgIpc) is 2.26. The molecule has 2 bridgehead atoms. The number of hydrogen-bond donors (Lipinski definition) is 0. The Morgan fingerprint density at radius 2 is 0.792 bits per heavy atom. The lowest BCUT2D eigenvalue weighted by atomic mass is 10.1. The molecule has 0 aromatic heterocycles. The van der Waals surface area contributed by atoms with Crippen molar-refractivity contribution in [1.82, 2.24) is 18.9 Å². The van der Waals surface area contributed by atoms with Crippen LogP contribution in [0.4, 0.5) is 0 Å². The van der Waals surface area contributed by atoms with Gasteiger partial charge in [0.15, 0.2) is 0 Å². The summed E-state index contributed by atoms with van der Waals surface area (Å²) in [7, 11) is 0. The zero-order chi connectivity index (χ0) is 18.6. The van der Waals surface area contributed by atoms with E-state index in [9.17, 15) is 0 Å². The van der Waals surface area contributed by atoms with Crippen molar-refractivity contribution < 1.29 is 0 Å². The summed E-state index contributed by atoms with van der Waals surface area (Å²) in [5.74, 6) is 0. The lowest BCUT2D eigenvalue weighted by Gasteiger charge is -2.64. The highest BCUT2D eigenvalue weighted by Gasteiger charge is 2.56. The summed E-state index contributed by atoms with van der Waals surface area (Å²) >= 11 is 6.70. The fraction of sp³-hybridized carbons (Fsp3) is 1.00. The van der Waals surface area contributed by atoms with Gasteiger partial charge in [-0.15, -0.1) is 0 Å². The van der Waals surface area contributed by atoms with Gasteiger partial charge in [0.05, 0.1) is 0 Å². The molecule has 0 amide bonds. The Morgan fingerprint density at radius 1 is 0.542 bits per heavy atom. The van der Waals surface area contributed by atoms with E-state index in [4.69, 9.17) is 12.2 Å². The van der Waals surface area contributed by atoms with Gasteiger partial charge >= 0.3 is 0 Å². The quantitative estimate of drug-likeness (QED) is 0.470. The fourth-order valence-electron chi connectivity index (χ4n) is 4.00. The van der Waals surface area contributed by atoms with Crippen LogP contribution in [0.25, 0.3) is 0 Å². The molecule has 0 unspecified atom stereocenters. The lowest BCUT2D eigenvalue weighted by molar-refractivity contribution is 0.0797. The highest BCUT2D eigenvalue weighted by atomic mass is 32.7. The summed E-state index contributed by atoms with van der Waals surface area (Å²) in [6.45, 7) is 25.6. The maximum Gasteiger partial charge on any atom is 0.104 e. The maximum absolute atomic E-state index is 6.70. The molecule has 0 radical (unpaired) electrons. The Labute approximate surface area is 156 Å². The summed E-state index contributed by atoms with van der Waals surface area (Å²) in [5.41, 5.74) is 0.217. The molecule has 0 aliphatic carbocycles. The van der Waals surface area contributed by atoms with Crippen LogP contribution in [0.15, 0.2) is 0 Å². The Bertz CT molecular complexity index is 385. The first kappa shape index (κ1) is 20.9. The summed E-state index contributed by atoms with van der Waals surface area (Å²) in [5, 5.41) is 0. The van der Waals surface area contributed by atoms with Crippen molar-refractivity contribution in [2.45, 2.75) is 78.9 Å².